The number of alkyl carbamates (subject to hydrolysis) is 1. The highest BCUT2D eigenvalue weighted by atomic mass is 32.2. The van der Waals surface area contributed by atoms with E-state index >= 15 is 0 Å². The molecule has 4 rings (SSSR count). The maximum atomic E-state index is 14.0. The molecule has 0 spiro atoms. The summed E-state index contributed by atoms with van der Waals surface area (Å²) < 4.78 is 10.7. The molecule has 0 saturated carbocycles. The molecular formula is C38H42N2O6S. The van der Waals surface area contributed by atoms with Crippen LogP contribution in [0.15, 0.2) is 115 Å². The first-order valence-electron chi connectivity index (χ1n) is 15.5. The van der Waals surface area contributed by atoms with E-state index in [0.29, 0.717) is 11.5 Å². The third-order valence-electron chi connectivity index (χ3n) is 7.53. The number of ether oxygens (including phenoxy) is 2. The molecule has 0 bridgehead atoms. The Balaban J connectivity index is 1.62. The topological polar surface area (TPSA) is 114 Å². The van der Waals surface area contributed by atoms with E-state index in [1.807, 2.05) is 115 Å². The van der Waals surface area contributed by atoms with Crippen molar-refractivity contribution in [1.29, 1.82) is 0 Å². The Morgan fingerprint density at radius 1 is 0.766 bits per heavy atom. The molecule has 0 saturated heterocycles. The van der Waals surface area contributed by atoms with Gasteiger partial charge in [-0.15, -0.1) is 11.8 Å². The molecule has 2 atom stereocenters. The van der Waals surface area contributed by atoms with E-state index in [2.05, 4.69) is 10.6 Å². The van der Waals surface area contributed by atoms with E-state index < -0.39 is 34.5 Å². The van der Waals surface area contributed by atoms with Crippen LogP contribution >= 0.6 is 11.8 Å². The molecule has 3 N–H and O–H groups in total. The van der Waals surface area contributed by atoms with Gasteiger partial charge in [-0.25, -0.2) is 4.79 Å². The summed E-state index contributed by atoms with van der Waals surface area (Å²) in [6, 6.07) is 35.7. The number of thioether (sulfide) groups is 1. The van der Waals surface area contributed by atoms with E-state index in [9.17, 15) is 19.5 Å². The van der Waals surface area contributed by atoms with Gasteiger partial charge in [0.15, 0.2) is 0 Å². The predicted molar refractivity (Wildman–Crippen MR) is 185 cm³/mol. The van der Waals surface area contributed by atoms with E-state index in [-0.39, 0.29) is 18.7 Å². The van der Waals surface area contributed by atoms with Crippen molar-refractivity contribution in [2.45, 2.75) is 61.8 Å². The van der Waals surface area contributed by atoms with Gasteiger partial charge in [-0.2, -0.15) is 0 Å². The summed E-state index contributed by atoms with van der Waals surface area (Å²) in [6.07, 6.45) is -0.736. The van der Waals surface area contributed by atoms with E-state index in [1.54, 1.807) is 27.9 Å². The molecule has 0 fully saturated rings. The van der Waals surface area contributed by atoms with Crippen molar-refractivity contribution in [3.05, 3.63) is 138 Å². The SMILES string of the molecule is COc1ccc(CSC(C(=O)O)[C@H](CCC(=O)NC(c2ccccc2)(c2ccccc2)c2ccccc2)NC(=O)OC(C)(C)C)cc1. The van der Waals surface area contributed by atoms with Crippen LogP contribution in [0.4, 0.5) is 4.79 Å². The Morgan fingerprint density at radius 3 is 1.68 bits per heavy atom. The summed E-state index contributed by atoms with van der Waals surface area (Å²) >= 11 is 1.18. The molecule has 0 radical (unpaired) electrons. The minimum atomic E-state index is -1.10. The van der Waals surface area contributed by atoms with Gasteiger partial charge < -0.3 is 25.2 Å². The van der Waals surface area contributed by atoms with Gasteiger partial charge in [0.05, 0.1) is 13.2 Å². The summed E-state index contributed by atoms with van der Waals surface area (Å²) in [5.74, 6) is -0.334. The molecule has 0 aliphatic carbocycles. The maximum absolute atomic E-state index is 14.0. The van der Waals surface area contributed by atoms with Crippen LogP contribution in [0.5, 0.6) is 5.75 Å². The van der Waals surface area contributed by atoms with Gasteiger partial charge in [0.25, 0.3) is 0 Å². The summed E-state index contributed by atoms with van der Waals surface area (Å²) in [6.45, 7) is 5.20. The first-order chi connectivity index (χ1) is 22.5. The van der Waals surface area contributed by atoms with E-state index in [1.165, 1.54) is 11.8 Å². The highest BCUT2D eigenvalue weighted by molar-refractivity contribution is 7.99. The van der Waals surface area contributed by atoms with Gasteiger partial charge in [0.2, 0.25) is 5.91 Å². The Bertz CT molecular complexity index is 1500. The molecule has 47 heavy (non-hydrogen) atoms. The molecule has 0 aromatic heterocycles. The molecule has 0 aliphatic heterocycles. The number of carbonyl (C=O) groups is 3. The third kappa shape index (κ3) is 9.62. The number of hydrogen-bond acceptors (Lipinski definition) is 6. The zero-order chi connectivity index (χ0) is 33.9. The number of hydrogen-bond donors (Lipinski definition) is 3. The molecule has 9 heteroatoms. The van der Waals surface area contributed by atoms with Gasteiger partial charge in [-0.3, -0.25) is 9.59 Å². The van der Waals surface area contributed by atoms with Crippen LogP contribution in [0.3, 0.4) is 0 Å². The maximum Gasteiger partial charge on any atom is 0.407 e. The Hall–Kier alpha value is -4.76. The zero-order valence-electron chi connectivity index (χ0n) is 27.1. The normalized spacial score (nSPS) is 12.8. The number of carbonyl (C=O) groups excluding carboxylic acids is 2. The lowest BCUT2D eigenvalue weighted by atomic mass is 9.77. The summed E-state index contributed by atoms with van der Waals surface area (Å²) in [4.78, 5) is 39.6. The first kappa shape index (κ1) is 35.1. The van der Waals surface area contributed by atoms with Crippen molar-refractivity contribution < 1.29 is 29.0 Å². The molecule has 0 aliphatic rings. The van der Waals surface area contributed by atoms with Gasteiger partial charge in [-0.05, 0) is 61.6 Å². The highest BCUT2D eigenvalue weighted by Gasteiger charge is 2.38. The van der Waals surface area contributed by atoms with Crippen LogP contribution < -0.4 is 15.4 Å². The Labute approximate surface area is 280 Å². The monoisotopic (exact) mass is 654 g/mol. The van der Waals surface area contributed by atoms with Crippen molar-refractivity contribution in [1.82, 2.24) is 10.6 Å². The van der Waals surface area contributed by atoms with Crippen LogP contribution in [-0.4, -0.2) is 47.1 Å². The van der Waals surface area contributed by atoms with Gasteiger partial charge in [0, 0.05) is 12.2 Å². The van der Waals surface area contributed by atoms with Crippen molar-refractivity contribution in [2.75, 3.05) is 7.11 Å². The van der Waals surface area contributed by atoms with Crippen molar-refractivity contribution in [2.24, 2.45) is 0 Å². The standard InChI is InChI=1S/C38H42N2O6S/c1-37(2,3)46-36(44)39-32(34(35(42)43)47-26-27-20-22-31(45-4)23-21-27)24-25-33(41)40-38(28-14-8-5-9-15-28,29-16-10-6-11-17-29)30-18-12-7-13-19-30/h5-23,32,34H,24-26H2,1-4H3,(H,39,44)(H,40,41)(H,42,43)/t32-,34?/m0/s1. The fraction of sp³-hybridized carbons (Fsp3) is 0.289. The summed E-state index contributed by atoms with van der Waals surface area (Å²) in [7, 11) is 1.58. The number of carboxylic acids is 1. The first-order valence-corrected chi connectivity index (χ1v) is 16.5. The number of nitrogens with one attached hydrogen (secondary N) is 2. The van der Waals surface area contributed by atoms with Crippen LogP contribution in [0.2, 0.25) is 0 Å². The Kier molecular flexibility index (Phi) is 12.1. The number of methoxy groups -OCH3 is 1. The average Bonchev–Trinajstić information content (AvgIpc) is 3.06. The van der Waals surface area contributed by atoms with E-state index in [0.717, 1.165) is 22.3 Å². The highest BCUT2D eigenvalue weighted by Crippen LogP contribution is 2.37. The van der Waals surface area contributed by atoms with Crippen LogP contribution in [0, 0.1) is 0 Å². The molecular weight excluding hydrogens is 612 g/mol. The number of aliphatic carboxylic acids is 1. The lowest BCUT2D eigenvalue weighted by Crippen LogP contribution is -2.50. The summed E-state index contributed by atoms with van der Waals surface area (Å²) in [5.41, 5.74) is 1.69. The molecule has 0 heterocycles. The minimum absolute atomic E-state index is 0.0540. The third-order valence-corrected chi connectivity index (χ3v) is 8.92. The second-order valence-corrected chi connectivity index (χ2v) is 13.2. The van der Waals surface area contributed by atoms with E-state index in [4.69, 9.17) is 9.47 Å². The summed E-state index contributed by atoms with van der Waals surface area (Å²) in [5, 5.41) is 15.3. The molecule has 2 amide bonds. The fourth-order valence-corrected chi connectivity index (χ4v) is 6.51. The predicted octanol–water partition coefficient (Wildman–Crippen LogP) is 7.16. The largest absolute Gasteiger partial charge is 0.497 e. The zero-order valence-corrected chi connectivity index (χ0v) is 28.0. The number of amides is 2. The lowest BCUT2D eigenvalue weighted by Gasteiger charge is -2.37. The lowest BCUT2D eigenvalue weighted by molar-refractivity contribution is -0.137. The molecule has 246 valence electrons. The van der Waals surface area contributed by atoms with Crippen molar-refractivity contribution >= 4 is 29.7 Å². The smallest absolute Gasteiger partial charge is 0.407 e. The fourth-order valence-electron chi connectivity index (χ4n) is 5.36. The van der Waals surface area contributed by atoms with Gasteiger partial charge >= 0.3 is 12.1 Å². The quantitative estimate of drug-likeness (QED) is 0.124. The molecule has 4 aromatic carbocycles. The molecule has 8 nitrogen and oxygen atoms in total. The second-order valence-electron chi connectivity index (χ2n) is 12.1. The number of rotatable bonds is 14. The minimum Gasteiger partial charge on any atom is -0.497 e. The van der Waals surface area contributed by atoms with Crippen LogP contribution in [0.1, 0.15) is 55.9 Å². The number of benzene rings is 4. The average molecular weight is 655 g/mol. The van der Waals surface area contributed by atoms with Gasteiger partial charge in [-0.1, -0.05) is 103 Å². The second kappa shape index (κ2) is 16.2. The molecule has 1 unspecified atom stereocenters. The molecule has 4 aromatic rings. The van der Waals surface area contributed by atoms with Crippen molar-refractivity contribution in [3.8, 4) is 5.75 Å². The van der Waals surface area contributed by atoms with Crippen LogP contribution in [-0.2, 0) is 25.6 Å². The Morgan fingerprint density at radius 2 is 1.26 bits per heavy atom. The van der Waals surface area contributed by atoms with Gasteiger partial charge in [0.1, 0.15) is 22.1 Å². The van der Waals surface area contributed by atoms with Crippen LogP contribution in [0.25, 0.3) is 0 Å². The van der Waals surface area contributed by atoms with Crippen molar-refractivity contribution in [3.63, 3.8) is 0 Å². The number of carboxylic acid groups (broad SMARTS) is 1.